The van der Waals surface area contributed by atoms with E-state index in [0.29, 0.717) is 12.4 Å². The fraction of sp³-hybridized carbons (Fsp3) is 0.846. The van der Waals surface area contributed by atoms with Crippen LogP contribution in [-0.2, 0) is 14.6 Å². The zero-order valence-corrected chi connectivity index (χ0v) is 14.6. The molecule has 1 unspecified atom stereocenters. The molecule has 0 fully saturated rings. The molecule has 0 aliphatic carbocycles. The summed E-state index contributed by atoms with van der Waals surface area (Å²) in [5, 5.41) is 8.78. The van der Waals surface area contributed by atoms with E-state index in [2.05, 4.69) is 20.9 Å². The first-order chi connectivity index (χ1) is 9.43. The average molecular weight is 320 g/mol. The van der Waals surface area contributed by atoms with Gasteiger partial charge < -0.3 is 16.0 Å². The van der Waals surface area contributed by atoms with Crippen molar-refractivity contribution in [2.24, 2.45) is 4.99 Å². The Morgan fingerprint density at radius 2 is 1.86 bits per heavy atom. The van der Waals surface area contributed by atoms with E-state index in [4.69, 9.17) is 0 Å². The smallest absolute Gasteiger partial charge is 0.239 e. The Morgan fingerprint density at radius 1 is 1.29 bits per heavy atom. The molecule has 0 aromatic rings. The molecule has 8 heteroatoms. The van der Waals surface area contributed by atoms with Crippen molar-refractivity contribution >= 4 is 21.7 Å². The number of nitrogens with zero attached hydrogens (tertiary/aromatic N) is 1. The van der Waals surface area contributed by atoms with Gasteiger partial charge >= 0.3 is 0 Å². The molecule has 0 saturated carbocycles. The van der Waals surface area contributed by atoms with Gasteiger partial charge in [0.15, 0.2) is 5.96 Å². The van der Waals surface area contributed by atoms with Crippen LogP contribution in [0.3, 0.4) is 0 Å². The Bertz CT molecular complexity index is 466. The zero-order valence-electron chi connectivity index (χ0n) is 13.8. The maximum absolute atomic E-state index is 11.7. The van der Waals surface area contributed by atoms with E-state index in [9.17, 15) is 13.2 Å². The van der Waals surface area contributed by atoms with Gasteiger partial charge in [-0.2, -0.15) is 0 Å². The van der Waals surface area contributed by atoms with E-state index in [-0.39, 0.29) is 29.8 Å². The third-order valence-electron chi connectivity index (χ3n) is 2.46. The molecule has 3 N–H and O–H groups in total. The molecule has 0 heterocycles. The topological polar surface area (TPSA) is 99.7 Å². The van der Waals surface area contributed by atoms with Crippen molar-refractivity contribution in [2.75, 3.05) is 25.6 Å². The summed E-state index contributed by atoms with van der Waals surface area (Å²) in [6, 6.07) is -0.0587. The highest BCUT2D eigenvalue weighted by Gasteiger charge is 2.14. The lowest BCUT2D eigenvalue weighted by atomic mass is 10.1. The summed E-state index contributed by atoms with van der Waals surface area (Å²) in [7, 11) is -1.37. The van der Waals surface area contributed by atoms with E-state index in [1.807, 2.05) is 27.7 Å². The molecule has 1 amide bonds. The number of nitrogens with one attached hydrogen (secondary N) is 3. The lowest BCUT2D eigenvalue weighted by Crippen LogP contribution is -2.49. The molecule has 0 bridgehead atoms. The third kappa shape index (κ3) is 12.2. The molecule has 0 aromatic carbocycles. The van der Waals surface area contributed by atoms with Gasteiger partial charge in [-0.3, -0.25) is 9.79 Å². The van der Waals surface area contributed by atoms with Crippen molar-refractivity contribution < 1.29 is 13.2 Å². The minimum absolute atomic E-state index is 0.0587. The molecular weight excluding hydrogens is 292 g/mol. The lowest BCUT2D eigenvalue weighted by Gasteiger charge is -2.22. The molecule has 0 rings (SSSR count). The number of carbonyl (C=O) groups excluding carboxylic acids is 1. The normalized spacial score (nSPS) is 14.5. The SMILES string of the molecule is CN=C(NCC(=O)NC(C)(C)C)NC(C)CCS(C)(=O)=O. The molecule has 0 spiro atoms. The van der Waals surface area contributed by atoms with Crippen molar-refractivity contribution in [1.29, 1.82) is 0 Å². The van der Waals surface area contributed by atoms with Crippen LogP contribution in [0.25, 0.3) is 0 Å². The summed E-state index contributed by atoms with van der Waals surface area (Å²) < 4.78 is 22.2. The first-order valence-electron chi connectivity index (χ1n) is 6.89. The predicted molar refractivity (Wildman–Crippen MR) is 86.2 cm³/mol. The van der Waals surface area contributed by atoms with Crippen LogP contribution in [0.15, 0.2) is 4.99 Å². The predicted octanol–water partition coefficient (Wildman–Crippen LogP) is -0.111. The highest BCUT2D eigenvalue weighted by Crippen LogP contribution is 1.97. The monoisotopic (exact) mass is 320 g/mol. The fourth-order valence-electron chi connectivity index (χ4n) is 1.52. The maximum atomic E-state index is 11.7. The number of amides is 1. The molecule has 0 aromatic heterocycles. The van der Waals surface area contributed by atoms with Gasteiger partial charge in [0.05, 0.1) is 12.3 Å². The standard InChI is InChI=1S/C13H28N4O3S/c1-10(7-8-21(6,19)20)16-12(14-5)15-9-11(18)17-13(2,3)4/h10H,7-9H2,1-6H3,(H,17,18)(H2,14,15,16). The number of guanidine groups is 1. The quantitative estimate of drug-likeness (QED) is 0.468. The first kappa shape index (κ1) is 19.7. The zero-order chi connectivity index (χ0) is 16.7. The average Bonchev–Trinajstić information content (AvgIpc) is 2.28. The van der Waals surface area contributed by atoms with Crippen molar-refractivity contribution in [2.45, 2.75) is 45.7 Å². The van der Waals surface area contributed by atoms with Crippen molar-refractivity contribution in [1.82, 2.24) is 16.0 Å². The number of rotatable bonds is 6. The van der Waals surface area contributed by atoms with Crippen molar-refractivity contribution in [3.05, 3.63) is 0 Å². The maximum Gasteiger partial charge on any atom is 0.239 e. The van der Waals surface area contributed by atoms with E-state index in [1.165, 1.54) is 6.26 Å². The van der Waals surface area contributed by atoms with Gasteiger partial charge in [0.1, 0.15) is 9.84 Å². The second-order valence-electron chi connectivity index (χ2n) is 6.19. The van der Waals surface area contributed by atoms with Gasteiger partial charge in [-0.15, -0.1) is 0 Å². The number of carbonyl (C=O) groups is 1. The summed E-state index contributed by atoms with van der Waals surface area (Å²) in [5.74, 6) is 0.456. The van der Waals surface area contributed by atoms with Gasteiger partial charge in [0.25, 0.3) is 0 Å². The molecule has 0 aliphatic rings. The van der Waals surface area contributed by atoms with Gasteiger partial charge in [-0.05, 0) is 34.1 Å². The van der Waals surface area contributed by atoms with Crippen molar-refractivity contribution in [3.8, 4) is 0 Å². The van der Waals surface area contributed by atoms with E-state index in [0.717, 1.165) is 0 Å². The molecule has 21 heavy (non-hydrogen) atoms. The Kier molecular flexibility index (Phi) is 7.70. The molecule has 0 aliphatic heterocycles. The highest BCUT2D eigenvalue weighted by molar-refractivity contribution is 7.90. The first-order valence-corrected chi connectivity index (χ1v) is 8.95. The molecule has 0 saturated heterocycles. The lowest BCUT2D eigenvalue weighted by molar-refractivity contribution is -0.121. The van der Waals surface area contributed by atoms with Crippen LogP contribution in [0.1, 0.15) is 34.1 Å². The van der Waals surface area contributed by atoms with Crippen LogP contribution in [-0.4, -0.2) is 57.5 Å². The Hall–Kier alpha value is -1.31. The van der Waals surface area contributed by atoms with E-state index >= 15 is 0 Å². The van der Waals surface area contributed by atoms with E-state index < -0.39 is 9.84 Å². The summed E-state index contributed by atoms with van der Waals surface area (Å²) in [5.41, 5.74) is -0.279. The summed E-state index contributed by atoms with van der Waals surface area (Å²) in [6.45, 7) is 7.70. The van der Waals surface area contributed by atoms with Crippen molar-refractivity contribution in [3.63, 3.8) is 0 Å². The van der Waals surface area contributed by atoms with Gasteiger partial charge in [0, 0.05) is 24.9 Å². The van der Waals surface area contributed by atoms with Crippen LogP contribution in [0.5, 0.6) is 0 Å². The van der Waals surface area contributed by atoms with Crippen LogP contribution >= 0.6 is 0 Å². The molecule has 1 atom stereocenters. The van der Waals surface area contributed by atoms with Crippen LogP contribution < -0.4 is 16.0 Å². The van der Waals surface area contributed by atoms with Crippen LogP contribution in [0, 0.1) is 0 Å². The molecular formula is C13H28N4O3S. The minimum Gasteiger partial charge on any atom is -0.354 e. The Balaban J connectivity index is 4.21. The summed E-state index contributed by atoms with van der Waals surface area (Å²) >= 11 is 0. The number of hydrogen-bond acceptors (Lipinski definition) is 4. The summed E-state index contributed by atoms with van der Waals surface area (Å²) in [6.07, 6.45) is 1.69. The molecule has 124 valence electrons. The largest absolute Gasteiger partial charge is 0.354 e. The Labute approximate surface area is 127 Å². The number of aliphatic imine (C=N–C) groups is 1. The van der Waals surface area contributed by atoms with Crippen LogP contribution in [0.4, 0.5) is 0 Å². The number of sulfone groups is 1. The minimum atomic E-state index is -2.97. The van der Waals surface area contributed by atoms with Crippen LogP contribution in [0.2, 0.25) is 0 Å². The number of hydrogen-bond donors (Lipinski definition) is 3. The van der Waals surface area contributed by atoms with Gasteiger partial charge in [0.2, 0.25) is 5.91 Å². The Morgan fingerprint density at radius 3 is 2.29 bits per heavy atom. The molecule has 0 radical (unpaired) electrons. The second kappa shape index (κ2) is 8.21. The second-order valence-corrected chi connectivity index (χ2v) is 8.45. The van der Waals surface area contributed by atoms with Gasteiger partial charge in [-0.1, -0.05) is 0 Å². The molecule has 7 nitrogen and oxygen atoms in total. The summed E-state index contributed by atoms with van der Waals surface area (Å²) in [4.78, 5) is 15.7. The fourth-order valence-corrected chi connectivity index (χ4v) is 2.30. The van der Waals surface area contributed by atoms with E-state index in [1.54, 1.807) is 7.05 Å². The highest BCUT2D eigenvalue weighted by atomic mass is 32.2. The van der Waals surface area contributed by atoms with Gasteiger partial charge in [-0.25, -0.2) is 8.42 Å². The third-order valence-corrected chi connectivity index (χ3v) is 3.44.